The maximum atomic E-state index is 11.8. The summed E-state index contributed by atoms with van der Waals surface area (Å²) in [4.78, 5) is 22.8. The maximum absolute atomic E-state index is 11.8. The first-order chi connectivity index (χ1) is 11.7. The molecule has 1 amide bonds. The molecule has 2 aromatic rings. The molecule has 2 aromatic carbocycles. The summed E-state index contributed by atoms with van der Waals surface area (Å²) in [5, 5.41) is 2.81. The molecule has 2 rings (SSSR count). The van der Waals surface area contributed by atoms with Gasteiger partial charge in [-0.2, -0.15) is 11.8 Å². The van der Waals surface area contributed by atoms with Gasteiger partial charge >= 0.3 is 0 Å². The summed E-state index contributed by atoms with van der Waals surface area (Å²) >= 11 is 5.05. The highest BCUT2D eigenvalue weighted by molar-refractivity contribution is 9.10. The first kappa shape index (κ1) is 18.5. The van der Waals surface area contributed by atoms with E-state index in [2.05, 4.69) is 33.4 Å². The number of carbonyl (C=O) groups is 2. The van der Waals surface area contributed by atoms with Crippen molar-refractivity contribution in [3.05, 3.63) is 64.1 Å². The predicted octanol–water partition coefficient (Wildman–Crippen LogP) is 3.69. The number of ether oxygens (including phenoxy) is 1. The van der Waals surface area contributed by atoms with Crippen molar-refractivity contribution in [3.8, 4) is 5.75 Å². The van der Waals surface area contributed by atoms with E-state index < -0.39 is 0 Å². The number of hydrogen-bond donors (Lipinski definition) is 1. The van der Waals surface area contributed by atoms with E-state index in [-0.39, 0.29) is 12.5 Å². The molecule has 24 heavy (non-hydrogen) atoms. The second kappa shape index (κ2) is 10.2. The van der Waals surface area contributed by atoms with E-state index in [4.69, 9.17) is 4.74 Å². The number of aldehydes is 1. The Morgan fingerprint density at radius 2 is 2.00 bits per heavy atom. The molecular formula is C18H18BrNO3S. The Balaban J connectivity index is 1.64. The highest BCUT2D eigenvalue weighted by atomic mass is 79.9. The van der Waals surface area contributed by atoms with Gasteiger partial charge in [-0.25, -0.2) is 0 Å². The van der Waals surface area contributed by atoms with Crippen LogP contribution in [0.1, 0.15) is 15.9 Å². The molecule has 0 radical (unpaired) electrons. The predicted molar refractivity (Wildman–Crippen MR) is 101 cm³/mol. The van der Waals surface area contributed by atoms with E-state index in [0.29, 0.717) is 24.1 Å². The number of amides is 1. The average Bonchev–Trinajstić information content (AvgIpc) is 2.61. The second-order valence-corrected chi connectivity index (χ2v) is 7.00. The zero-order chi connectivity index (χ0) is 17.2. The van der Waals surface area contributed by atoms with Crippen LogP contribution in [0, 0.1) is 0 Å². The third-order valence-electron chi connectivity index (χ3n) is 3.14. The van der Waals surface area contributed by atoms with E-state index in [0.717, 1.165) is 16.0 Å². The zero-order valence-corrected chi connectivity index (χ0v) is 15.4. The normalized spacial score (nSPS) is 10.2. The standard InChI is InChI=1S/C18H18BrNO3S/c19-16-6-7-17(15(10-16)11-21)23-12-18(22)20-8-9-24-13-14-4-2-1-3-5-14/h1-7,10-11H,8-9,12-13H2,(H,20,22). The van der Waals surface area contributed by atoms with E-state index in [1.165, 1.54) is 5.56 Å². The minimum absolute atomic E-state index is 0.105. The molecule has 0 aliphatic heterocycles. The van der Waals surface area contributed by atoms with Crippen molar-refractivity contribution >= 4 is 39.9 Å². The topological polar surface area (TPSA) is 55.4 Å². The molecule has 0 aliphatic carbocycles. The van der Waals surface area contributed by atoms with E-state index in [1.807, 2.05) is 18.2 Å². The van der Waals surface area contributed by atoms with Crippen LogP contribution in [0.5, 0.6) is 5.75 Å². The lowest BCUT2D eigenvalue weighted by atomic mass is 10.2. The molecule has 1 N–H and O–H groups in total. The fourth-order valence-corrected chi connectivity index (χ4v) is 3.16. The molecule has 0 aliphatic rings. The van der Waals surface area contributed by atoms with Crippen molar-refractivity contribution in [2.45, 2.75) is 5.75 Å². The number of carbonyl (C=O) groups excluding carboxylic acids is 2. The Morgan fingerprint density at radius 3 is 2.75 bits per heavy atom. The van der Waals surface area contributed by atoms with Gasteiger partial charge in [-0.1, -0.05) is 46.3 Å². The molecule has 0 heterocycles. The molecule has 0 atom stereocenters. The lowest BCUT2D eigenvalue weighted by molar-refractivity contribution is -0.122. The molecule has 0 fully saturated rings. The summed E-state index contributed by atoms with van der Waals surface area (Å²) in [6.45, 7) is 0.479. The molecule has 0 saturated heterocycles. The molecule has 126 valence electrons. The van der Waals surface area contributed by atoms with Gasteiger partial charge in [-0.3, -0.25) is 9.59 Å². The number of hydrogen-bond acceptors (Lipinski definition) is 4. The van der Waals surface area contributed by atoms with E-state index in [9.17, 15) is 9.59 Å². The highest BCUT2D eigenvalue weighted by Crippen LogP contribution is 2.21. The summed E-state index contributed by atoms with van der Waals surface area (Å²) in [6, 6.07) is 15.3. The van der Waals surface area contributed by atoms with Crippen molar-refractivity contribution < 1.29 is 14.3 Å². The molecule has 0 bridgehead atoms. The van der Waals surface area contributed by atoms with Crippen LogP contribution in [0.15, 0.2) is 53.0 Å². The Labute approximate surface area is 154 Å². The second-order valence-electron chi connectivity index (χ2n) is 4.98. The Kier molecular flexibility index (Phi) is 7.85. The number of thioether (sulfide) groups is 1. The van der Waals surface area contributed by atoms with Crippen LogP contribution in [0.25, 0.3) is 0 Å². The van der Waals surface area contributed by atoms with Gasteiger partial charge in [0, 0.05) is 22.5 Å². The lowest BCUT2D eigenvalue weighted by Gasteiger charge is -2.09. The molecular weight excluding hydrogens is 390 g/mol. The van der Waals surface area contributed by atoms with Crippen LogP contribution in [-0.4, -0.2) is 31.1 Å². The highest BCUT2D eigenvalue weighted by Gasteiger charge is 2.07. The average molecular weight is 408 g/mol. The van der Waals surface area contributed by atoms with Crippen molar-refractivity contribution in [2.24, 2.45) is 0 Å². The van der Waals surface area contributed by atoms with Crippen molar-refractivity contribution in [1.82, 2.24) is 5.32 Å². The fourth-order valence-electron chi connectivity index (χ4n) is 1.96. The maximum Gasteiger partial charge on any atom is 0.257 e. The van der Waals surface area contributed by atoms with Gasteiger partial charge in [-0.15, -0.1) is 0 Å². The van der Waals surface area contributed by atoms with Crippen molar-refractivity contribution in [2.75, 3.05) is 18.9 Å². The van der Waals surface area contributed by atoms with Crippen LogP contribution in [0.3, 0.4) is 0 Å². The third kappa shape index (κ3) is 6.37. The van der Waals surface area contributed by atoms with Gasteiger partial charge in [0.2, 0.25) is 0 Å². The monoisotopic (exact) mass is 407 g/mol. The number of halogens is 1. The summed E-state index contributed by atoms with van der Waals surface area (Å²) < 4.78 is 6.19. The summed E-state index contributed by atoms with van der Waals surface area (Å²) in [7, 11) is 0. The molecule has 0 unspecified atom stereocenters. The Bertz CT molecular complexity index is 679. The number of rotatable bonds is 9. The zero-order valence-electron chi connectivity index (χ0n) is 13.0. The third-order valence-corrected chi connectivity index (χ3v) is 4.66. The largest absolute Gasteiger partial charge is 0.483 e. The van der Waals surface area contributed by atoms with E-state index in [1.54, 1.807) is 30.0 Å². The SMILES string of the molecule is O=Cc1cc(Br)ccc1OCC(=O)NCCSCc1ccccc1. The van der Waals surface area contributed by atoms with Crippen molar-refractivity contribution in [1.29, 1.82) is 0 Å². The van der Waals surface area contributed by atoms with Gasteiger partial charge in [0.05, 0.1) is 5.56 Å². The molecule has 6 heteroatoms. The minimum atomic E-state index is -0.199. The van der Waals surface area contributed by atoms with Crippen LogP contribution in [0.4, 0.5) is 0 Å². The Morgan fingerprint density at radius 1 is 1.21 bits per heavy atom. The summed E-state index contributed by atoms with van der Waals surface area (Å²) in [5.74, 6) is 1.96. The van der Waals surface area contributed by atoms with Gasteiger partial charge in [-0.05, 0) is 23.8 Å². The van der Waals surface area contributed by atoms with Gasteiger partial charge in [0.15, 0.2) is 12.9 Å². The van der Waals surface area contributed by atoms with Gasteiger partial charge in [0.25, 0.3) is 5.91 Å². The van der Waals surface area contributed by atoms with E-state index >= 15 is 0 Å². The number of benzene rings is 2. The molecule has 0 spiro atoms. The van der Waals surface area contributed by atoms with Crippen LogP contribution in [-0.2, 0) is 10.5 Å². The fraction of sp³-hybridized carbons (Fsp3) is 0.222. The van der Waals surface area contributed by atoms with Crippen LogP contribution in [0.2, 0.25) is 0 Å². The molecule has 0 aromatic heterocycles. The number of nitrogens with one attached hydrogen (secondary N) is 1. The van der Waals surface area contributed by atoms with Gasteiger partial charge < -0.3 is 10.1 Å². The van der Waals surface area contributed by atoms with Crippen LogP contribution < -0.4 is 10.1 Å². The van der Waals surface area contributed by atoms with Gasteiger partial charge in [0.1, 0.15) is 5.75 Å². The molecule has 4 nitrogen and oxygen atoms in total. The van der Waals surface area contributed by atoms with Crippen LogP contribution >= 0.6 is 27.7 Å². The Hall–Kier alpha value is -1.79. The smallest absolute Gasteiger partial charge is 0.257 e. The molecule has 0 saturated carbocycles. The summed E-state index contributed by atoms with van der Waals surface area (Å²) in [6.07, 6.45) is 0.707. The first-order valence-electron chi connectivity index (χ1n) is 7.45. The summed E-state index contributed by atoms with van der Waals surface area (Å²) in [5.41, 5.74) is 1.68. The lowest BCUT2D eigenvalue weighted by Crippen LogP contribution is -2.30. The quantitative estimate of drug-likeness (QED) is 0.508. The minimum Gasteiger partial charge on any atom is -0.483 e. The first-order valence-corrected chi connectivity index (χ1v) is 9.39. The van der Waals surface area contributed by atoms with Crippen molar-refractivity contribution in [3.63, 3.8) is 0 Å².